The first-order chi connectivity index (χ1) is 17.1. The van der Waals surface area contributed by atoms with E-state index in [0.29, 0.717) is 0 Å². The molecule has 4 aromatic rings. The molecule has 0 spiro atoms. The summed E-state index contributed by atoms with van der Waals surface area (Å²) in [5, 5.41) is 0. The van der Waals surface area contributed by atoms with Crippen molar-refractivity contribution in [3.05, 3.63) is 107 Å². The number of aryl methyl sites for hydroxylation is 4. The van der Waals surface area contributed by atoms with Crippen molar-refractivity contribution in [1.29, 1.82) is 0 Å². The van der Waals surface area contributed by atoms with Crippen molar-refractivity contribution in [2.75, 3.05) is 0 Å². The van der Waals surface area contributed by atoms with Crippen LogP contribution in [0.1, 0.15) is 22.3 Å². The van der Waals surface area contributed by atoms with Gasteiger partial charge in [0.1, 0.15) is 0 Å². The molecular weight excluding hydrogens is 487 g/mol. The van der Waals surface area contributed by atoms with Gasteiger partial charge in [-0.2, -0.15) is 17.7 Å². The third-order valence-corrected chi connectivity index (χ3v) is 7.14. The van der Waals surface area contributed by atoms with Gasteiger partial charge in [-0.3, -0.25) is 0 Å². The lowest BCUT2D eigenvalue weighted by atomic mass is 9.83. The zero-order chi connectivity index (χ0) is 25.5. The first-order valence-corrected chi connectivity index (χ1v) is 12.9. The summed E-state index contributed by atoms with van der Waals surface area (Å²) in [6, 6.07) is 31.3. The zero-order valence-corrected chi connectivity index (χ0v) is 19.9. The number of fused-ring (bicyclic) bond motifs is 6. The van der Waals surface area contributed by atoms with Gasteiger partial charge in [0.05, 0.1) is 11.1 Å². The lowest BCUT2D eigenvalue weighted by Crippen LogP contribution is -2.40. The first kappa shape index (κ1) is 24.2. The SMILES string of the molecule is O=S(=O)([O-])C(F)(F)F.c1ccc(-[n+]2c3c(cc4c2-c2ccccc2CC4)CCc2ccccc2-3)cc1. The molecule has 0 saturated carbocycles. The summed E-state index contributed by atoms with van der Waals surface area (Å²) >= 11 is 0. The molecule has 0 saturated heterocycles. The van der Waals surface area contributed by atoms with E-state index in [-0.39, 0.29) is 0 Å². The summed E-state index contributed by atoms with van der Waals surface area (Å²) in [6.07, 6.45) is 4.50. The van der Waals surface area contributed by atoms with Crippen molar-refractivity contribution in [3.63, 3.8) is 0 Å². The summed E-state index contributed by atoms with van der Waals surface area (Å²) in [5.41, 5.74) is 7.04. The van der Waals surface area contributed by atoms with E-state index in [4.69, 9.17) is 13.0 Å². The Bertz CT molecular complexity index is 1470. The maximum absolute atomic E-state index is 10.7. The molecule has 0 unspecified atom stereocenters. The molecule has 2 aliphatic rings. The van der Waals surface area contributed by atoms with Crippen LogP contribution in [0.5, 0.6) is 0 Å². The third-order valence-electron chi connectivity index (χ3n) is 6.57. The average molecular weight is 510 g/mol. The molecule has 6 rings (SSSR count). The van der Waals surface area contributed by atoms with E-state index < -0.39 is 15.6 Å². The number of hydrogen-bond acceptors (Lipinski definition) is 3. The highest BCUT2D eigenvalue weighted by Crippen LogP contribution is 2.38. The van der Waals surface area contributed by atoms with Crippen LogP contribution in [0.25, 0.3) is 28.2 Å². The van der Waals surface area contributed by atoms with Crippen LogP contribution in [0.3, 0.4) is 0 Å². The third kappa shape index (κ3) is 4.42. The number of benzene rings is 3. The fourth-order valence-corrected chi connectivity index (χ4v) is 5.03. The lowest BCUT2D eigenvalue weighted by Gasteiger charge is -2.24. The molecule has 36 heavy (non-hydrogen) atoms. The monoisotopic (exact) mass is 509 g/mol. The van der Waals surface area contributed by atoms with Gasteiger partial charge in [-0.25, -0.2) is 8.42 Å². The Morgan fingerprint density at radius 3 is 1.47 bits per heavy atom. The van der Waals surface area contributed by atoms with Crippen LogP contribution in [0, 0.1) is 0 Å². The smallest absolute Gasteiger partial charge is 0.485 e. The second-order valence-electron chi connectivity index (χ2n) is 8.78. The maximum atomic E-state index is 10.7. The summed E-state index contributed by atoms with van der Waals surface area (Å²) in [6.45, 7) is 0. The zero-order valence-electron chi connectivity index (χ0n) is 19.1. The van der Waals surface area contributed by atoms with Gasteiger partial charge in [-0.05, 0) is 55.0 Å². The van der Waals surface area contributed by atoms with Crippen LogP contribution in [0.15, 0.2) is 84.9 Å². The molecule has 0 N–H and O–H groups in total. The Kier molecular flexibility index (Phi) is 6.18. The van der Waals surface area contributed by atoms with Crippen LogP contribution < -0.4 is 4.57 Å². The van der Waals surface area contributed by atoms with Crippen molar-refractivity contribution >= 4 is 10.1 Å². The molecule has 2 aliphatic carbocycles. The van der Waals surface area contributed by atoms with Crippen LogP contribution in [0.2, 0.25) is 0 Å². The summed E-state index contributed by atoms with van der Waals surface area (Å²) in [7, 11) is -6.09. The number of pyridine rings is 1. The molecule has 0 bridgehead atoms. The highest BCUT2D eigenvalue weighted by Gasteiger charge is 2.37. The van der Waals surface area contributed by atoms with Crippen molar-refractivity contribution in [2.24, 2.45) is 0 Å². The maximum Gasteiger partial charge on any atom is 0.485 e. The molecular formula is C28H22F3NO3S. The van der Waals surface area contributed by atoms with E-state index in [1.807, 2.05) is 0 Å². The number of para-hydroxylation sites is 1. The Balaban J connectivity index is 0.000000292. The van der Waals surface area contributed by atoms with Gasteiger partial charge in [0.15, 0.2) is 10.1 Å². The molecule has 184 valence electrons. The van der Waals surface area contributed by atoms with E-state index in [9.17, 15) is 13.2 Å². The second-order valence-corrected chi connectivity index (χ2v) is 10.1. The van der Waals surface area contributed by atoms with Gasteiger partial charge in [0.2, 0.25) is 17.1 Å². The Morgan fingerprint density at radius 2 is 1.03 bits per heavy atom. The number of alkyl halides is 3. The average Bonchev–Trinajstić information content (AvgIpc) is 2.87. The summed E-state index contributed by atoms with van der Waals surface area (Å²) in [5.74, 6) is 0. The summed E-state index contributed by atoms with van der Waals surface area (Å²) < 4.78 is 61.4. The molecule has 0 radical (unpaired) electrons. The minimum Gasteiger partial charge on any atom is -0.741 e. The molecule has 3 aromatic carbocycles. The number of hydrogen-bond donors (Lipinski definition) is 0. The predicted octanol–water partition coefficient (Wildman–Crippen LogP) is 5.55. The van der Waals surface area contributed by atoms with Crippen molar-refractivity contribution in [3.8, 4) is 28.2 Å². The second kappa shape index (κ2) is 9.19. The van der Waals surface area contributed by atoms with Gasteiger partial charge in [0, 0.05) is 23.3 Å². The van der Waals surface area contributed by atoms with E-state index in [0.717, 1.165) is 25.7 Å². The molecule has 0 fully saturated rings. The van der Waals surface area contributed by atoms with Crippen LogP contribution in [-0.2, 0) is 35.8 Å². The molecule has 0 amide bonds. The van der Waals surface area contributed by atoms with E-state index in [2.05, 4.69) is 89.5 Å². The van der Waals surface area contributed by atoms with E-state index in [1.54, 1.807) is 0 Å². The van der Waals surface area contributed by atoms with Gasteiger partial charge in [-0.15, -0.1) is 0 Å². The number of rotatable bonds is 1. The highest BCUT2D eigenvalue weighted by molar-refractivity contribution is 7.86. The largest absolute Gasteiger partial charge is 0.741 e. The summed E-state index contributed by atoms with van der Waals surface area (Å²) in [4.78, 5) is 0. The van der Waals surface area contributed by atoms with Gasteiger partial charge >= 0.3 is 5.51 Å². The molecule has 8 heteroatoms. The standard InChI is InChI=1S/C27H22N.CHF3O3S/c1-2-10-23(11-3-1)28-26-21(16-14-19-8-4-6-12-24(19)26)18-22-17-15-20-9-5-7-13-25(20)27(22)28;2-1(3,4)8(5,6)7/h1-13,18H,14-17H2;(H,5,6,7)/q+1;/p-1. The van der Waals surface area contributed by atoms with Crippen molar-refractivity contribution < 1.29 is 30.7 Å². The molecule has 0 aliphatic heterocycles. The molecule has 4 nitrogen and oxygen atoms in total. The Hall–Kier alpha value is -3.49. The fourth-order valence-electron chi connectivity index (χ4n) is 5.03. The number of nitrogens with zero attached hydrogens (tertiary/aromatic N) is 1. The van der Waals surface area contributed by atoms with Gasteiger partial charge in [0.25, 0.3) is 0 Å². The Labute approximate surface area is 207 Å². The highest BCUT2D eigenvalue weighted by atomic mass is 32.2. The normalized spacial score (nSPS) is 13.9. The van der Waals surface area contributed by atoms with Crippen LogP contribution in [-0.4, -0.2) is 18.5 Å². The predicted molar refractivity (Wildman–Crippen MR) is 129 cm³/mol. The number of halogens is 3. The van der Waals surface area contributed by atoms with Crippen LogP contribution >= 0.6 is 0 Å². The minimum atomic E-state index is -6.09. The van der Waals surface area contributed by atoms with Gasteiger partial charge in [-0.1, -0.05) is 54.6 Å². The molecule has 0 atom stereocenters. The molecule has 1 heterocycles. The number of aromatic nitrogens is 1. The van der Waals surface area contributed by atoms with Gasteiger partial charge < -0.3 is 4.55 Å². The van der Waals surface area contributed by atoms with E-state index in [1.165, 1.54) is 50.5 Å². The first-order valence-electron chi connectivity index (χ1n) is 11.5. The van der Waals surface area contributed by atoms with Crippen LogP contribution in [0.4, 0.5) is 13.2 Å². The minimum absolute atomic E-state index is 1.12. The lowest BCUT2D eigenvalue weighted by molar-refractivity contribution is -0.573. The van der Waals surface area contributed by atoms with Crippen molar-refractivity contribution in [2.45, 2.75) is 31.2 Å². The topological polar surface area (TPSA) is 61.1 Å². The van der Waals surface area contributed by atoms with Crippen molar-refractivity contribution in [1.82, 2.24) is 0 Å². The fraction of sp³-hybridized carbons (Fsp3) is 0.179. The molecule has 1 aromatic heterocycles. The Morgan fingerprint density at radius 1 is 0.639 bits per heavy atom. The quantitative estimate of drug-likeness (QED) is 0.192. The van der Waals surface area contributed by atoms with E-state index >= 15 is 0 Å².